The van der Waals surface area contributed by atoms with E-state index in [0.717, 1.165) is 19.3 Å². The summed E-state index contributed by atoms with van der Waals surface area (Å²) in [5, 5.41) is 18.7. The van der Waals surface area contributed by atoms with Crippen molar-refractivity contribution in [1.29, 1.82) is 0 Å². The number of carboxylic acids is 1. The normalized spacial score (nSPS) is 25.2. The molecule has 4 nitrogen and oxygen atoms in total. The highest BCUT2D eigenvalue weighted by molar-refractivity contribution is 5.84. The molecule has 142 valence electrons. The average Bonchev–Trinajstić information content (AvgIpc) is 2.82. The molecular weight excluding hydrogens is 323 g/mol. The molecule has 0 radical (unpaired) electrons. The van der Waals surface area contributed by atoms with Crippen molar-refractivity contribution in [2.45, 2.75) is 77.0 Å². The third-order valence-corrected chi connectivity index (χ3v) is 4.68. The Morgan fingerprint density at radius 1 is 1.32 bits per heavy atom. The standard InChI is InChI=1S/C20H31FO4/c1-2-3-6-9-15(21)12-13-17-16(18(22)14-19(17)23)10-7-4-5-8-11-20(24)25/h4,7,12-13,15-17,19,23H,2-3,5-6,8-11,14H2,1H3,(H,24,25)/t15?,16-,17-,19-/m1/s1. The summed E-state index contributed by atoms with van der Waals surface area (Å²) < 4.78 is 13.9. The molecule has 0 bridgehead atoms. The molecule has 1 aliphatic rings. The highest BCUT2D eigenvalue weighted by atomic mass is 19.1. The van der Waals surface area contributed by atoms with E-state index in [2.05, 4.69) is 6.92 Å². The van der Waals surface area contributed by atoms with Gasteiger partial charge in [-0.25, -0.2) is 4.39 Å². The number of carbonyl (C=O) groups is 2. The van der Waals surface area contributed by atoms with Gasteiger partial charge in [0.15, 0.2) is 0 Å². The van der Waals surface area contributed by atoms with Gasteiger partial charge >= 0.3 is 5.97 Å². The lowest BCUT2D eigenvalue weighted by Crippen LogP contribution is -2.18. The number of aliphatic hydroxyl groups is 1. The maximum absolute atomic E-state index is 13.9. The fourth-order valence-electron chi connectivity index (χ4n) is 3.19. The molecule has 1 unspecified atom stereocenters. The molecule has 0 amide bonds. The van der Waals surface area contributed by atoms with E-state index in [4.69, 9.17) is 5.11 Å². The van der Waals surface area contributed by atoms with Crippen LogP contribution in [0.3, 0.4) is 0 Å². The quantitative estimate of drug-likeness (QED) is 0.406. The van der Waals surface area contributed by atoms with Crippen molar-refractivity contribution in [1.82, 2.24) is 0 Å². The van der Waals surface area contributed by atoms with Gasteiger partial charge in [-0.15, -0.1) is 0 Å². The van der Waals surface area contributed by atoms with Crippen LogP contribution >= 0.6 is 0 Å². The molecule has 0 aromatic heterocycles. The number of hydrogen-bond donors (Lipinski definition) is 2. The molecule has 0 aromatic rings. The number of alkyl halides is 1. The first-order chi connectivity index (χ1) is 12.0. The summed E-state index contributed by atoms with van der Waals surface area (Å²) in [6.07, 6.45) is 10.5. The number of unbranched alkanes of at least 4 members (excludes halogenated alkanes) is 3. The van der Waals surface area contributed by atoms with Crippen molar-refractivity contribution in [3.05, 3.63) is 24.3 Å². The largest absolute Gasteiger partial charge is 0.481 e. The number of ketones is 1. The van der Waals surface area contributed by atoms with Crippen molar-refractivity contribution in [2.75, 3.05) is 0 Å². The zero-order chi connectivity index (χ0) is 18.7. The van der Waals surface area contributed by atoms with Crippen LogP contribution in [0, 0.1) is 11.8 Å². The number of halogens is 1. The van der Waals surface area contributed by atoms with Gasteiger partial charge in [0, 0.05) is 24.7 Å². The first-order valence-electron chi connectivity index (χ1n) is 9.35. The molecule has 0 heterocycles. The second kappa shape index (κ2) is 12.0. The van der Waals surface area contributed by atoms with Crippen molar-refractivity contribution in [2.24, 2.45) is 11.8 Å². The van der Waals surface area contributed by atoms with Crippen LogP contribution in [-0.2, 0) is 9.59 Å². The first-order valence-corrected chi connectivity index (χ1v) is 9.35. The van der Waals surface area contributed by atoms with Gasteiger partial charge in [-0.2, -0.15) is 0 Å². The molecule has 0 aliphatic heterocycles. The number of aliphatic hydroxyl groups excluding tert-OH is 1. The number of aliphatic carboxylic acids is 1. The van der Waals surface area contributed by atoms with Gasteiger partial charge in [-0.05, 0) is 25.7 Å². The molecule has 0 saturated heterocycles. The smallest absolute Gasteiger partial charge is 0.303 e. The summed E-state index contributed by atoms with van der Waals surface area (Å²) in [6.45, 7) is 2.07. The second-order valence-electron chi connectivity index (χ2n) is 6.81. The lowest BCUT2D eigenvalue weighted by molar-refractivity contribution is -0.137. The highest BCUT2D eigenvalue weighted by Crippen LogP contribution is 2.33. The third-order valence-electron chi connectivity index (χ3n) is 4.68. The molecule has 5 heteroatoms. The number of allylic oxidation sites excluding steroid dienone is 3. The van der Waals surface area contributed by atoms with Gasteiger partial charge in [0.25, 0.3) is 0 Å². The van der Waals surface area contributed by atoms with Crippen molar-refractivity contribution in [3.8, 4) is 0 Å². The van der Waals surface area contributed by atoms with E-state index in [9.17, 15) is 19.1 Å². The maximum atomic E-state index is 13.9. The van der Waals surface area contributed by atoms with Gasteiger partial charge in [-0.3, -0.25) is 9.59 Å². The highest BCUT2D eigenvalue weighted by Gasteiger charge is 2.39. The Kier molecular flexibility index (Phi) is 10.3. The Hall–Kier alpha value is -1.49. The van der Waals surface area contributed by atoms with Gasteiger partial charge in [0.1, 0.15) is 12.0 Å². The van der Waals surface area contributed by atoms with E-state index >= 15 is 0 Å². The van der Waals surface area contributed by atoms with Gasteiger partial charge < -0.3 is 10.2 Å². The Bertz CT molecular complexity index is 472. The van der Waals surface area contributed by atoms with Crippen LogP contribution in [-0.4, -0.2) is 34.2 Å². The van der Waals surface area contributed by atoms with E-state index in [1.807, 2.05) is 12.2 Å². The molecule has 1 saturated carbocycles. The van der Waals surface area contributed by atoms with Crippen LogP contribution in [0.4, 0.5) is 4.39 Å². The molecule has 4 atom stereocenters. The lowest BCUT2D eigenvalue weighted by Gasteiger charge is -2.16. The monoisotopic (exact) mass is 354 g/mol. The summed E-state index contributed by atoms with van der Waals surface area (Å²) >= 11 is 0. The number of rotatable bonds is 12. The van der Waals surface area contributed by atoms with E-state index in [0.29, 0.717) is 25.7 Å². The Morgan fingerprint density at radius 3 is 2.76 bits per heavy atom. The van der Waals surface area contributed by atoms with Crippen molar-refractivity contribution >= 4 is 11.8 Å². The summed E-state index contributed by atoms with van der Waals surface area (Å²) in [4.78, 5) is 22.5. The molecule has 0 spiro atoms. The molecule has 25 heavy (non-hydrogen) atoms. The zero-order valence-corrected chi connectivity index (χ0v) is 15.1. The molecular formula is C20H31FO4. The fourth-order valence-corrected chi connectivity index (χ4v) is 3.19. The predicted octanol–water partition coefficient (Wildman–Crippen LogP) is 4.23. The predicted molar refractivity (Wildman–Crippen MR) is 96.0 cm³/mol. The van der Waals surface area contributed by atoms with Crippen LogP contribution in [0.2, 0.25) is 0 Å². The Morgan fingerprint density at radius 2 is 2.08 bits per heavy atom. The summed E-state index contributed by atoms with van der Waals surface area (Å²) in [6, 6.07) is 0. The van der Waals surface area contributed by atoms with Crippen LogP contribution in [0.5, 0.6) is 0 Å². The molecule has 0 aromatic carbocycles. The number of hydrogen-bond acceptors (Lipinski definition) is 3. The van der Waals surface area contributed by atoms with E-state index in [1.165, 1.54) is 6.08 Å². The van der Waals surface area contributed by atoms with Crippen LogP contribution in [0.15, 0.2) is 24.3 Å². The minimum Gasteiger partial charge on any atom is -0.481 e. The fraction of sp³-hybridized carbons (Fsp3) is 0.700. The molecule has 2 N–H and O–H groups in total. The first kappa shape index (κ1) is 21.6. The van der Waals surface area contributed by atoms with E-state index < -0.39 is 18.2 Å². The van der Waals surface area contributed by atoms with Crippen molar-refractivity contribution < 1.29 is 24.2 Å². The van der Waals surface area contributed by atoms with Crippen LogP contribution in [0.1, 0.15) is 64.7 Å². The summed E-state index contributed by atoms with van der Waals surface area (Å²) in [5.41, 5.74) is 0. The van der Waals surface area contributed by atoms with Crippen LogP contribution in [0.25, 0.3) is 0 Å². The van der Waals surface area contributed by atoms with Gasteiger partial charge in [0.05, 0.1) is 6.10 Å². The minimum atomic E-state index is -1.03. The summed E-state index contributed by atoms with van der Waals surface area (Å²) in [5.74, 6) is -1.45. The van der Waals surface area contributed by atoms with Crippen LogP contribution < -0.4 is 0 Å². The second-order valence-corrected chi connectivity index (χ2v) is 6.81. The summed E-state index contributed by atoms with van der Waals surface area (Å²) in [7, 11) is 0. The zero-order valence-electron chi connectivity index (χ0n) is 15.1. The molecule has 1 rings (SSSR count). The molecule has 1 fully saturated rings. The van der Waals surface area contributed by atoms with Crippen molar-refractivity contribution in [3.63, 3.8) is 0 Å². The van der Waals surface area contributed by atoms with E-state index in [1.54, 1.807) is 6.08 Å². The van der Waals surface area contributed by atoms with Gasteiger partial charge in [-0.1, -0.05) is 50.5 Å². The topological polar surface area (TPSA) is 74.6 Å². The number of Topliss-reactive ketones (excluding diaryl/α,β-unsaturated/α-hetero) is 1. The lowest BCUT2D eigenvalue weighted by atomic mass is 9.90. The minimum absolute atomic E-state index is 0.0127. The Labute approximate surface area is 149 Å². The number of carboxylic acid groups (broad SMARTS) is 1. The third kappa shape index (κ3) is 8.43. The Balaban J connectivity index is 2.48. The maximum Gasteiger partial charge on any atom is 0.303 e. The number of carbonyl (C=O) groups excluding carboxylic acids is 1. The van der Waals surface area contributed by atoms with Gasteiger partial charge in [0.2, 0.25) is 0 Å². The SMILES string of the molecule is CCCCCC(F)C=C[C@H]1[C@H](O)CC(=O)[C@@H]1CC=CCCCC(=O)O. The molecule has 1 aliphatic carbocycles. The van der Waals surface area contributed by atoms with E-state index in [-0.39, 0.29) is 30.5 Å². The average molecular weight is 354 g/mol.